The van der Waals surface area contributed by atoms with Crippen LogP contribution in [0.25, 0.3) is 11.0 Å². The minimum Gasteiger partial charge on any atom is -0.339 e. The highest BCUT2D eigenvalue weighted by atomic mass is 19.1. The number of aryl methyl sites for hydroxylation is 1. The number of anilines is 1. The molecule has 2 heterocycles. The maximum Gasteiger partial charge on any atom is 0.279 e. The normalized spacial score (nSPS) is 20.6. The molecule has 4 rings (SSSR count). The van der Waals surface area contributed by atoms with Gasteiger partial charge in [-0.2, -0.15) is 0 Å². The molecule has 2 aromatic heterocycles. The largest absolute Gasteiger partial charge is 0.339 e. The standard InChI is InChI=1S/C22H25FN4O2/c1-4-15-11-17(23)18(10-13(15)2)25-21-19(22(28)26-29-12-14-7-8-14)16-6-5-9-24-20(16)27(21)3/h4-6,9-11,13-14,25H,7-8,12H2,1-3H3,(H,26,28)/b15-4-. The van der Waals surface area contributed by atoms with Crippen LogP contribution in [0.15, 0.2) is 53.7 Å². The van der Waals surface area contributed by atoms with E-state index in [1.165, 1.54) is 6.08 Å². The number of nitrogens with zero attached hydrogens (tertiary/aromatic N) is 2. The third-order valence-electron chi connectivity index (χ3n) is 5.43. The van der Waals surface area contributed by atoms with E-state index in [2.05, 4.69) is 15.8 Å². The van der Waals surface area contributed by atoms with Gasteiger partial charge in [0.2, 0.25) is 0 Å². The lowest BCUT2D eigenvalue weighted by Gasteiger charge is -2.20. The van der Waals surface area contributed by atoms with Gasteiger partial charge in [-0.15, -0.1) is 0 Å². The van der Waals surface area contributed by atoms with Crippen molar-refractivity contribution in [2.75, 3.05) is 11.9 Å². The molecule has 0 aromatic carbocycles. The number of carbonyl (C=O) groups excluding carboxylic acids is 1. The second-order valence-electron chi connectivity index (χ2n) is 7.62. The maximum absolute atomic E-state index is 14.7. The molecule has 1 unspecified atom stereocenters. The van der Waals surface area contributed by atoms with E-state index in [4.69, 9.17) is 4.84 Å². The Morgan fingerprint density at radius 2 is 2.24 bits per heavy atom. The highest BCUT2D eigenvalue weighted by Gasteiger charge is 2.26. The SMILES string of the molecule is C/C=C1/C=C(F)C(Nc2c(C(=O)NOCC3CC3)c3cccnc3n2C)=CC1C. The molecule has 1 atom stereocenters. The number of amides is 1. The minimum absolute atomic E-state index is 0.0639. The number of halogens is 1. The molecule has 29 heavy (non-hydrogen) atoms. The molecule has 152 valence electrons. The van der Waals surface area contributed by atoms with Crippen molar-refractivity contribution < 1.29 is 14.0 Å². The molecule has 1 saturated carbocycles. The molecular formula is C22H25FN4O2. The Balaban J connectivity index is 1.68. The van der Waals surface area contributed by atoms with Crippen LogP contribution in [0.4, 0.5) is 10.2 Å². The second-order valence-corrected chi connectivity index (χ2v) is 7.62. The topological polar surface area (TPSA) is 68.2 Å². The van der Waals surface area contributed by atoms with Crippen LogP contribution in [0.5, 0.6) is 0 Å². The molecule has 2 aliphatic carbocycles. The van der Waals surface area contributed by atoms with Gasteiger partial charge >= 0.3 is 0 Å². The van der Waals surface area contributed by atoms with Crippen molar-refractivity contribution in [1.82, 2.24) is 15.0 Å². The van der Waals surface area contributed by atoms with Crippen molar-refractivity contribution in [3.63, 3.8) is 0 Å². The molecule has 2 aliphatic rings. The van der Waals surface area contributed by atoms with Gasteiger partial charge in [-0.1, -0.05) is 19.1 Å². The summed E-state index contributed by atoms with van der Waals surface area (Å²) in [6.07, 6.45) is 9.17. The number of hydrogen-bond donors (Lipinski definition) is 2. The van der Waals surface area contributed by atoms with E-state index in [0.717, 1.165) is 18.4 Å². The third-order valence-corrected chi connectivity index (χ3v) is 5.43. The van der Waals surface area contributed by atoms with Crippen LogP contribution in [0.1, 0.15) is 37.0 Å². The minimum atomic E-state index is -0.380. The van der Waals surface area contributed by atoms with Crippen molar-refractivity contribution in [2.24, 2.45) is 18.9 Å². The van der Waals surface area contributed by atoms with Gasteiger partial charge in [-0.3, -0.25) is 9.63 Å². The van der Waals surface area contributed by atoms with E-state index in [-0.39, 0.29) is 17.7 Å². The number of allylic oxidation sites excluding steroid dienone is 5. The fourth-order valence-corrected chi connectivity index (χ4v) is 3.55. The highest BCUT2D eigenvalue weighted by Crippen LogP contribution is 2.33. The lowest BCUT2D eigenvalue weighted by molar-refractivity contribution is 0.0272. The first-order chi connectivity index (χ1) is 14.0. The molecule has 1 amide bonds. The lowest BCUT2D eigenvalue weighted by Crippen LogP contribution is -2.26. The number of carbonyl (C=O) groups is 1. The smallest absolute Gasteiger partial charge is 0.279 e. The number of hydrogen-bond acceptors (Lipinski definition) is 4. The zero-order valence-corrected chi connectivity index (χ0v) is 16.8. The molecular weight excluding hydrogens is 371 g/mol. The Labute approximate surface area is 169 Å². The van der Waals surface area contributed by atoms with E-state index in [1.54, 1.807) is 23.9 Å². The van der Waals surface area contributed by atoms with Crippen LogP contribution in [-0.4, -0.2) is 22.1 Å². The van der Waals surface area contributed by atoms with Crippen LogP contribution in [-0.2, 0) is 11.9 Å². The quantitative estimate of drug-likeness (QED) is 0.711. The van der Waals surface area contributed by atoms with Gasteiger partial charge in [0.25, 0.3) is 5.91 Å². The van der Waals surface area contributed by atoms with Gasteiger partial charge in [-0.25, -0.2) is 14.9 Å². The summed E-state index contributed by atoms with van der Waals surface area (Å²) in [7, 11) is 1.80. The molecule has 2 aromatic rings. The van der Waals surface area contributed by atoms with Crippen LogP contribution in [0.3, 0.4) is 0 Å². The van der Waals surface area contributed by atoms with Crippen molar-refractivity contribution in [2.45, 2.75) is 26.7 Å². The number of nitrogens with one attached hydrogen (secondary N) is 2. The van der Waals surface area contributed by atoms with E-state index in [1.807, 2.05) is 32.1 Å². The zero-order chi connectivity index (χ0) is 20.5. The summed E-state index contributed by atoms with van der Waals surface area (Å²) in [6, 6.07) is 3.60. The van der Waals surface area contributed by atoms with E-state index >= 15 is 0 Å². The molecule has 0 spiro atoms. The van der Waals surface area contributed by atoms with Crippen LogP contribution < -0.4 is 10.8 Å². The molecule has 7 heteroatoms. The Hall–Kier alpha value is -2.93. The maximum atomic E-state index is 14.7. The van der Waals surface area contributed by atoms with E-state index < -0.39 is 0 Å². The fourth-order valence-electron chi connectivity index (χ4n) is 3.55. The number of pyridine rings is 1. The molecule has 0 saturated heterocycles. The molecule has 0 radical (unpaired) electrons. The van der Waals surface area contributed by atoms with Gasteiger partial charge < -0.3 is 9.88 Å². The predicted octanol–water partition coefficient (Wildman–Crippen LogP) is 4.39. The molecule has 2 N–H and O–H groups in total. The van der Waals surface area contributed by atoms with E-state index in [9.17, 15) is 9.18 Å². The van der Waals surface area contributed by atoms with Crippen molar-refractivity contribution in [3.05, 3.63) is 59.2 Å². The first kappa shape index (κ1) is 19.4. The van der Waals surface area contributed by atoms with Gasteiger partial charge in [0, 0.05) is 24.5 Å². The summed E-state index contributed by atoms with van der Waals surface area (Å²) in [6.45, 7) is 4.40. The Morgan fingerprint density at radius 1 is 1.45 bits per heavy atom. The van der Waals surface area contributed by atoms with Gasteiger partial charge in [0.05, 0.1) is 17.9 Å². The zero-order valence-electron chi connectivity index (χ0n) is 16.8. The average molecular weight is 396 g/mol. The average Bonchev–Trinajstić information content (AvgIpc) is 3.49. The monoisotopic (exact) mass is 396 g/mol. The fraction of sp³-hybridized carbons (Fsp3) is 0.364. The Bertz CT molecular complexity index is 1050. The summed E-state index contributed by atoms with van der Waals surface area (Å²) in [5.74, 6) is 0.308. The van der Waals surface area contributed by atoms with Gasteiger partial charge in [0.15, 0.2) is 0 Å². The first-order valence-corrected chi connectivity index (χ1v) is 9.87. The third kappa shape index (κ3) is 3.82. The highest BCUT2D eigenvalue weighted by molar-refractivity contribution is 6.11. The van der Waals surface area contributed by atoms with Crippen molar-refractivity contribution >= 4 is 22.8 Å². The van der Waals surface area contributed by atoms with Gasteiger partial charge in [-0.05, 0) is 49.5 Å². The second kappa shape index (κ2) is 7.83. The van der Waals surface area contributed by atoms with Crippen LogP contribution in [0.2, 0.25) is 0 Å². The first-order valence-electron chi connectivity index (χ1n) is 9.87. The summed E-state index contributed by atoms with van der Waals surface area (Å²) >= 11 is 0. The Kier molecular flexibility index (Phi) is 5.24. The number of aromatic nitrogens is 2. The summed E-state index contributed by atoms with van der Waals surface area (Å²) < 4.78 is 16.5. The molecule has 0 aliphatic heterocycles. The number of rotatable bonds is 6. The molecule has 6 nitrogen and oxygen atoms in total. The summed E-state index contributed by atoms with van der Waals surface area (Å²) in [5, 5.41) is 3.80. The molecule has 1 fully saturated rings. The van der Waals surface area contributed by atoms with Crippen LogP contribution in [0, 0.1) is 11.8 Å². The Morgan fingerprint density at radius 3 is 2.97 bits per heavy atom. The van der Waals surface area contributed by atoms with E-state index in [0.29, 0.717) is 40.6 Å². The summed E-state index contributed by atoms with van der Waals surface area (Å²) in [4.78, 5) is 22.7. The van der Waals surface area contributed by atoms with Gasteiger partial charge in [0.1, 0.15) is 17.3 Å². The summed E-state index contributed by atoms with van der Waals surface area (Å²) in [5.41, 5.74) is 4.79. The predicted molar refractivity (Wildman–Crippen MR) is 111 cm³/mol. The number of hydroxylamine groups is 1. The van der Waals surface area contributed by atoms with Crippen LogP contribution >= 0.6 is 0 Å². The lowest BCUT2D eigenvalue weighted by atomic mass is 9.94. The molecule has 0 bridgehead atoms. The number of fused-ring (bicyclic) bond motifs is 1. The van der Waals surface area contributed by atoms with Crippen molar-refractivity contribution in [1.29, 1.82) is 0 Å². The van der Waals surface area contributed by atoms with Crippen molar-refractivity contribution in [3.8, 4) is 0 Å².